The van der Waals surface area contributed by atoms with Gasteiger partial charge in [0.1, 0.15) is 6.54 Å². The molecule has 1 N–H and O–H groups in total. The highest BCUT2D eigenvalue weighted by molar-refractivity contribution is 7.71. The number of nitrogens with one attached hydrogen (secondary N) is 1. The van der Waals surface area contributed by atoms with E-state index in [4.69, 9.17) is 17.3 Å². The van der Waals surface area contributed by atoms with Gasteiger partial charge in [-0.25, -0.2) is 0 Å². The van der Waals surface area contributed by atoms with E-state index in [-0.39, 0.29) is 0 Å². The summed E-state index contributed by atoms with van der Waals surface area (Å²) < 4.78 is 4.82. The summed E-state index contributed by atoms with van der Waals surface area (Å²) in [7, 11) is 2.17. The van der Waals surface area contributed by atoms with Gasteiger partial charge >= 0.3 is 0 Å². The Morgan fingerprint density at radius 1 is 1.00 bits per heavy atom. The summed E-state index contributed by atoms with van der Waals surface area (Å²) in [5, 5.41) is 4.79. The van der Waals surface area contributed by atoms with Gasteiger partial charge in [0.2, 0.25) is 4.77 Å². The second-order valence-corrected chi connectivity index (χ2v) is 6.36. The molecular weight excluding hydrogens is 316 g/mol. The zero-order chi connectivity index (χ0) is 16.9. The van der Waals surface area contributed by atoms with Crippen LogP contribution in [0.5, 0.6) is 0 Å². The van der Waals surface area contributed by atoms with Gasteiger partial charge in [-0.2, -0.15) is 4.68 Å². The molecular formula is C19H23N4S+. The van der Waals surface area contributed by atoms with Crippen molar-refractivity contribution in [1.29, 1.82) is 0 Å². The summed E-state index contributed by atoms with van der Waals surface area (Å²) in [4.78, 5) is 1.35. The topological polar surface area (TPSA) is 27.2 Å². The Hall–Kier alpha value is -2.24. The van der Waals surface area contributed by atoms with Gasteiger partial charge in [0.15, 0.2) is 12.5 Å². The van der Waals surface area contributed by atoms with Gasteiger partial charge in [-0.1, -0.05) is 60.7 Å². The zero-order valence-electron chi connectivity index (χ0n) is 14.1. The smallest absolute Gasteiger partial charge is 0.203 e. The molecule has 0 saturated heterocycles. The van der Waals surface area contributed by atoms with Crippen LogP contribution in [0.2, 0.25) is 0 Å². The van der Waals surface area contributed by atoms with Crippen molar-refractivity contribution < 1.29 is 4.90 Å². The van der Waals surface area contributed by atoms with Gasteiger partial charge in [-0.3, -0.25) is 0 Å². The lowest BCUT2D eigenvalue weighted by Crippen LogP contribution is -3.07. The monoisotopic (exact) mass is 339 g/mol. The SMILES string of the molecule is CCn1c(-c2ccccc2)nn(C[NH+](C)Cc2ccccc2)c1=S. The van der Waals surface area contributed by atoms with Crippen molar-refractivity contribution in [2.75, 3.05) is 7.05 Å². The Morgan fingerprint density at radius 2 is 1.62 bits per heavy atom. The Labute approximate surface area is 148 Å². The molecule has 5 heteroatoms. The third kappa shape index (κ3) is 3.63. The largest absolute Gasteiger partial charge is 0.315 e. The van der Waals surface area contributed by atoms with E-state index in [2.05, 4.69) is 54.9 Å². The van der Waals surface area contributed by atoms with Crippen LogP contribution < -0.4 is 4.90 Å². The van der Waals surface area contributed by atoms with E-state index in [0.29, 0.717) is 0 Å². The van der Waals surface area contributed by atoms with Gasteiger partial charge in [0.25, 0.3) is 0 Å². The number of nitrogens with zero attached hydrogens (tertiary/aromatic N) is 3. The highest BCUT2D eigenvalue weighted by Gasteiger charge is 2.14. The van der Waals surface area contributed by atoms with Crippen molar-refractivity contribution in [2.45, 2.75) is 26.7 Å². The van der Waals surface area contributed by atoms with E-state index in [0.717, 1.165) is 35.9 Å². The fourth-order valence-electron chi connectivity index (χ4n) is 2.89. The number of rotatable bonds is 6. The molecule has 2 aromatic carbocycles. The zero-order valence-corrected chi connectivity index (χ0v) is 15.0. The molecule has 0 bridgehead atoms. The third-order valence-corrected chi connectivity index (χ3v) is 4.47. The van der Waals surface area contributed by atoms with Gasteiger partial charge < -0.3 is 9.47 Å². The lowest BCUT2D eigenvalue weighted by molar-refractivity contribution is -0.917. The molecule has 24 heavy (non-hydrogen) atoms. The Kier molecular flexibility index (Phi) is 5.23. The molecule has 1 aromatic heterocycles. The van der Waals surface area contributed by atoms with E-state index in [1.165, 1.54) is 10.5 Å². The van der Waals surface area contributed by atoms with Crippen molar-refractivity contribution in [3.05, 3.63) is 71.0 Å². The minimum Gasteiger partial charge on any atom is -0.315 e. The van der Waals surface area contributed by atoms with Crippen molar-refractivity contribution in [1.82, 2.24) is 14.3 Å². The molecule has 0 aliphatic heterocycles. The van der Waals surface area contributed by atoms with Crippen molar-refractivity contribution in [2.24, 2.45) is 0 Å². The Bertz CT molecular complexity index is 837. The molecule has 4 nitrogen and oxygen atoms in total. The van der Waals surface area contributed by atoms with Gasteiger partial charge in [-0.05, 0) is 19.1 Å². The molecule has 0 saturated carbocycles. The van der Waals surface area contributed by atoms with Crippen LogP contribution in [0.15, 0.2) is 60.7 Å². The Balaban J connectivity index is 1.84. The van der Waals surface area contributed by atoms with E-state index >= 15 is 0 Å². The molecule has 3 rings (SSSR count). The van der Waals surface area contributed by atoms with Crippen molar-refractivity contribution >= 4 is 12.2 Å². The highest BCUT2D eigenvalue weighted by atomic mass is 32.1. The molecule has 0 aliphatic carbocycles. The lowest BCUT2D eigenvalue weighted by Gasteiger charge is -2.13. The second-order valence-electron chi connectivity index (χ2n) is 5.99. The van der Waals surface area contributed by atoms with Gasteiger partial charge in [0.05, 0.1) is 7.05 Å². The minimum absolute atomic E-state index is 0.751. The van der Waals surface area contributed by atoms with Crippen LogP contribution in [-0.4, -0.2) is 21.4 Å². The fourth-order valence-corrected chi connectivity index (χ4v) is 3.21. The number of hydrogen-bond acceptors (Lipinski definition) is 2. The molecule has 3 aromatic rings. The first-order valence-corrected chi connectivity index (χ1v) is 8.68. The molecule has 0 spiro atoms. The van der Waals surface area contributed by atoms with E-state index in [1.54, 1.807) is 0 Å². The molecule has 0 aliphatic rings. The molecule has 124 valence electrons. The summed E-state index contributed by atoms with van der Waals surface area (Å²) >= 11 is 5.65. The number of quaternary nitrogens is 1. The molecule has 0 amide bonds. The van der Waals surface area contributed by atoms with Crippen molar-refractivity contribution in [3.8, 4) is 11.4 Å². The standard InChI is InChI=1S/C19H22N4S/c1-3-22-18(17-12-8-5-9-13-17)20-23(19(22)24)15-21(2)14-16-10-6-4-7-11-16/h4-13H,3,14-15H2,1-2H3/p+1. The maximum Gasteiger partial charge on any atom is 0.203 e. The fraction of sp³-hybridized carbons (Fsp3) is 0.263. The van der Waals surface area contributed by atoms with Gasteiger partial charge in [-0.15, -0.1) is 5.10 Å². The van der Waals surface area contributed by atoms with Crippen LogP contribution in [0.4, 0.5) is 0 Å². The van der Waals surface area contributed by atoms with Crippen LogP contribution >= 0.6 is 12.2 Å². The Morgan fingerprint density at radius 3 is 2.25 bits per heavy atom. The van der Waals surface area contributed by atoms with Crippen LogP contribution in [0.25, 0.3) is 11.4 Å². The van der Waals surface area contributed by atoms with Gasteiger partial charge in [0, 0.05) is 17.7 Å². The first-order valence-electron chi connectivity index (χ1n) is 8.27. The summed E-state index contributed by atoms with van der Waals surface area (Å²) in [6.45, 7) is 4.62. The lowest BCUT2D eigenvalue weighted by atomic mass is 10.2. The second kappa shape index (κ2) is 7.55. The molecule has 0 fully saturated rings. The maximum absolute atomic E-state index is 5.65. The van der Waals surface area contributed by atoms with E-state index in [1.807, 2.05) is 28.9 Å². The molecule has 1 heterocycles. The van der Waals surface area contributed by atoms with Crippen LogP contribution in [0.3, 0.4) is 0 Å². The average molecular weight is 339 g/mol. The first kappa shape index (κ1) is 16.6. The summed E-state index contributed by atoms with van der Waals surface area (Å²) in [5.41, 5.74) is 2.42. The van der Waals surface area contributed by atoms with E-state index in [9.17, 15) is 0 Å². The summed E-state index contributed by atoms with van der Waals surface area (Å²) in [5.74, 6) is 0.940. The maximum atomic E-state index is 5.65. The predicted octanol–water partition coefficient (Wildman–Crippen LogP) is 2.77. The predicted molar refractivity (Wildman–Crippen MR) is 99.2 cm³/mol. The molecule has 1 atom stereocenters. The van der Waals surface area contributed by atoms with Crippen LogP contribution in [-0.2, 0) is 19.8 Å². The third-order valence-electron chi connectivity index (χ3n) is 4.04. The quantitative estimate of drug-likeness (QED) is 0.699. The summed E-state index contributed by atoms with van der Waals surface area (Å²) in [6.07, 6.45) is 0. The summed E-state index contributed by atoms with van der Waals surface area (Å²) in [6, 6.07) is 20.7. The van der Waals surface area contributed by atoms with Crippen molar-refractivity contribution in [3.63, 3.8) is 0 Å². The number of hydrogen-bond donors (Lipinski definition) is 1. The van der Waals surface area contributed by atoms with E-state index < -0.39 is 0 Å². The molecule has 0 radical (unpaired) electrons. The number of benzene rings is 2. The van der Waals surface area contributed by atoms with Crippen LogP contribution in [0, 0.1) is 4.77 Å². The number of aromatic nitrogens is 3. The molecule has 1 unspecified atom stereocenters. The normalized spacial score (nSPS) is 12.2. The van der Waals surface area contributed by atoms with Crippen LogP contribution in [0.1, 0.15) is 12.5 Å². The average Bonchev–Trinajstić information content (AvgIpc) is 2.92. The highest BCUT2D eigenvalue weighted by Crippen LogP contribution is 2.17. The minimum atomic E-state index is 0.751. The first-order chi connectivity index (χ1) is 11.7.